The second-order valence-electron chi connectivity index (χ2n) is 8.18. The van der Waals surface area contributed by atoms with Crippen molar-refractivity contribution >= 4 is 48.4 Å². The Balaban J connectivity index is 1.60. The summed E-state index contributed by atoms with van der Waals surface area (Å²) in [6.07, 6.45) is 0. The first-order chi connectivity index (χ1) is 18.6. The van der Waals surface area contributed by atoms with Crippen molar-refractivity contribution in [1.29, 1.82) is 0 Å². The smallest absolute Gasteiger partial charge is 0.408 e. The Kier molecular flexibility index (Phi) is 6.54. The molecule has 0 saturated carbocycles. The third-order valence-corrected chi connectivity index (χ3v) is 9.78. The molecule has 5 rings (SSSR count). The molecule has 10 nitrogen and oxygen atoms in total. The normalized spacial score (nSPS) is 11.8. The van der Waals surface area contributed by atoms with Gasteiger partial charge in [0.1, 0.15) is 11.5 Å². The molecule has 0 spiro atoms. The van der Waals surface area contributed by atoms with Gasteiger partial charge in [-0.15, -0.1) is 0 Å². The topological polar surface area (TPSA) is 147 Å². The number of nitrogens with zero attached hydrogens (tertiary/aromatic N) is 1. The highest BCUT2D eigenvalue weighted by Crippen LogP contribution is 2.34. The minimum atomic E-state index is -4.85. The van der Waals surface area contributed by atoms with Crippen LogP contribution in [0.4, 0.5) is 15.8 Å². The molecule has 0 atom stereocenters. The first-order valence-electron chi connectivity index (χ1n) is 11.2. The minimum absolute atomic E-state index is 0.0101. The Morgan fingerprint density at radius 2 is 1.38 bits per heavy atom. The van der Waals surface area contributed by atoms with E-state index in [1.807, 2.05) is 0 Å². The molecule has 13 heteroatoms. The second kappa shape index (κ2) is 9.85. The summed E-state index contributed by atoms with van der Waals surface area (Å²) in [5.74, 6) is -2.57. The van der Waals surface area contributed by atoms with Gasteiger partial charge in [-0.1, -0.05) is 36.4 Å². The van der Waals surface area contributed by atoms with Crippen molar-refractivity contribution < 1.29 is 30.4 Å². The molecule has 0 fully saturated rings. The summed E-state index contributed by atoms with van der Waals surface area (Å²) in [6.45, 7) is 0. The van der Waals surface area contributed by atoms with Crippen molar-refractivity contribution in [2.45, 2.75) is 9.79 Å². The van der Waals surface area contributed by atoms with Crippen molar-refractivity contribution in [3.8, 4) is 0 Å². The first kappa shape index (κ1) is 25.9. The molecule has 0 bridgehead atoms. The van der Waals surface area contributed by atoms with Crippen molar-refractivity contribution in [3.05, 3.63) is 119 Å². The standard InChI is InChI=1S/C26H18FN3O7S2/c27-21-13-12-18(28-25(31)17-11-14-22-24(15-17)37-26(32)29-22)16-23(21)30(38(33,34)19-7-3-1-4-8-19)39(35,36)20-9-5-2-6-10-20/h1-16H,(H,28,31)(H,29,32). The maximum absolute atomic E-state index is 15.2. The predicted octanol–water partition coefficient (Wildman–Crippen LogP) is 4.10. The van der Waals surface area contributed by atoms with Gasteiger partial charge in [0, 0.05) is 11.3 Å². The Hall–Kier alpha value is -4.75. The van der Waals surface area contributed by atoms with Crippen LogP contribution in [0.2, 0.25) is 0 Å². The van der Waals surface area contributed by atoms with Crippen LogP contribution >= 0.6 is 0 Å². The fourth-order valence-corrected chi connectivity index (χ4v) is 7.52. The van der Waals surface area contributed by atoms with Crippen LogP contribution in [0.5, 0.6) is 0 Å². The number of fused-ring (bicyclic) bond motifs is 1. The second-order valence-corrected chi connectivity index (χ2v) is 12.0. The van der Waals surface area contributed by atoms with E-state index in [9.17, 15) is 26.4 Å². The number of nitrogens with one attached hydrogen (secondary N) is 2. The Morgan fingerprint density at radius 3 is 1.97 bits per heavy atom. The van der Waals surface area contributed by atoms with E-state index in [1.165, 1.54) is 66.7 Å². The molecule has 0 aliphatic heterocycles. The number of halogens is 1. The quantitative estimate of drug-likeness (QED) is 0.301. The molecule has 0 aliphatic rings. The Bertz CT molecular complexity index is 1900. The van der Waals surface area contributed by atoms with Crippen molar-refractivity contribution in [2.75, 3.05) is 9.03 Å². The number of benzene rings is 4. The summed E-state index contributed by atoms with van der Waals surface area (Å²) in [7, 11) is -9.71. The van der Waals surface area contributed by atoms with Gasteiger partial charge in [-0.2, -0.15) is 3.71 Å². The number of hydrogen-bond donors (Lipinski definition) is 2. The summed E-state index contributed by atoms with van der Waals surface area (Å²) < 4.78 is 74.7. The van der Waals surface area contributed by atoms with Crippen LogP contribution in [-0.2, 0) is 20.0 Å². The molecule has 4 aromatic carbocycles. The lowest BCUT2D eigenvalue weighted by Gasteiger charge is -2.25. The first-order valence-corrected chi connectivity index (χ1v) is 14.1. The lowest BCUT2D eigenvalue weighted by Crippen LogP contribution is -2.37. The van der Waals surface area contributed by atoms with E-state index in [4.69, 9.17) is 4.42 Å². The summed E-state index contributed by atoms with van der Waals surface area (Å²) >= 11 is 0. The number of anilines is 2. The van der Waals surface area contributed by atoms with E-state index in [0.717, 1.165) is 18.2 Å². The van der Waals surface area contributed by atoms with E-state index in [-0.39, 0.29) is 30.3 Å². The van der Waals surface area contributed by atoms with Crippen LogP contribution in [0.3, 0.4) is 0 Å². The van der Waals surface area contributed by atoms with Gasteiger partial charge in [-0.3, -0.25) is 9.78 Å². The van der Waals surface area contributed by atoms with Crippen molar-refractivity contribution in [3.63, 3.8) is 0 Å². The summed E-state index contributed by atoms with van der Waals surface area (Å²) in [6, 6.07) is 20.5. The molecule has 39 heavy (non-hydrogen) atoms. The monoisotopic (exact) mass is 567 g/mol. The predicted molar refractivity (Wildman–Crippen MR) is 141 cm³/mol. The van der Waals surface area contributed by atoms with E-state index in [2.05, 4.69) is 10.3 Å². The van der Waals surface area contributed by atoms with Crippen LogP contribution in [0.15, 0.2) is 116 Å². The van der Waals surface area contributed by atoms with Gasteiger partial charge in [-0.05, 0) is 60.7 Å². The Morgan fingerprint density at radius 1 is 0.795 bits per heavy atom. The fraction of sp³-hybridized carbons (Fsp3) is 0. The highest BCUT2D eigenvalue weighted by molar-refractivity contribution is 8.10. The van der Waals surface area contributed by atoms with Gasteiger partial charge >= 0.3 is 5.76 Å². The molecule has 1 heterocycles. The molecule has 0 radical (unpaired) electrons. The van der Waals surface area contributed by atoms with Gasteiger partial charge in [0.15, 0.2) is 5.58 Å². The number of hydrogen-bond acceptors (Lipinski definition) is 7. The van der Waals surface area contributed by atoms with Crippen LogP contribution in [0, 0.1) is 5.82 Å². The number of carbonyl (C=O) groups excluding carboxylic acids is 1. The number of amides is 1. The molecule has 1 aromatic heterocycles. The van der Waals surface area contributed by atoms with Crippen molar-refractivity contribution in [1.82, 2.24) is 4.98 Å². The summed E-state index contributed by atoms with van der Waals surface area (Å²) in [5.41, 5.74) is -0.354. The van der Waals surface area contributed by atoms with E-state index >= 15 is 4.39 Å². The van der Waals surface area contributed by atoms with Gasteiger partial charge in [0.2, 0.25) is 0 Å². The Labute approximate surface area is 221 Å². The highest BCUT2D eigenvalue weighted by Gasteiger charge is 2.38. The molecule has 2 N–H and O–H groups in total. The maximum atomic E-state index is 15.2. The SMILES string of the molecule is O=C(Nc1ccc(F)c(N(S(=O)(=O)c2ccccc2)S(=O)(=O)c2ccccc2)c1)c1ccc2[nH]c(=O)oc2c1. The number of oxazole rings is 1. The van der Waals surface area contributed by atoms with E-state index in [0.29, 0.717) is 5.52 Å². The van der Waals surface area contributed by atoms with E-state index in [1.54, 1.807) is 12.1 Å². The molecular formula is C26H18FN3O7S2. The molecule has 198 valence electrons. The van der Waals surface area contributed by atoms with Gasteiger partial charge in [0.05, 0.1) is 15.3 Å². The van der Waals surface area contributed by atoms with Crippen LogP contribution in [0.1, 0.15) is 10.4 Å². The largest absolute Gasteiger partial charge is 0.417 e. The molecule has 0 aliphatic carbocycles. The zero-order valence-electron chi connectivity index (χ0n) is 19.7. The third kappa shape index (κ3) is 4.92. The molecular weight excluding hydrogens is 549 g/mol. The average Bonchev–Trinajstić information content (AvgIpc) is 3.30. The van der Waals surface area contributed by atoms with Crippen LogP contribution in [0.25, 0.3) is 11.1 Å². The lowest BCUT2D eigenvalue weighted by atomic mass is 10.2. The molecule has 0 saturated heterocycles. The average molecular weight is 568 g/mol. The fourth-order valence-electron chi connectivity index (χ4n) is 3.78. The lowest BCUT2D eigenvalue weighted by molar-refractivity contribution is 0.102. The zero-order chi connectivity index (χ0) is 27.8. The van der Waals surface area contributed by atoms with E-state index < -0.39 is 43.2 Å². The van der Waals surface area contributed by atoms with Gasteiger partial charge in [-0.25, -0.2) is 26.0 Å². The highest BCUT2D eigenvalue weighted by atomic mass is 32.3. The number of aromatic amines is 1. The zero-order valence-corrected chi connectivity index (χ0v) is 21.4. The summed E-state index contributed by atoms with van der Waals surface area (Å²) in [4.78, 5) is 25.9. The summed E-state index contributed by atoms with van der Waals surface area (Å²) in [5, 5.41) is 2.48. The van der Waals surface area contributed by atoms with Gasteiger partial charge < -0.3 is 9.73 Å². The molecule has 1 amide bonds. The third-order valence-electron chi connectivity index (χ3n) is 5.60. The van der Waals surface area contributed by atoms with Crippen LogP contribution < -0.4 is 14.8 Å². The van der Waals surface area contributed by atoms with Crippen molar-refractivity contribution in [2.24, 2.45) is 0 Å². The molecule has 0 unspecified atom stereocenters. The number of H-pyrrole nitrogens is 1. The molecule has 5 aromatic rings. The minimum Gasteiger partial charge on any atom is -0.408 e. The number of carbonyl (C=O) groups is 1. The van der Waals surface area contributed by atoms with Gasteiger partial charge in [0.25, 0.3) is 26.0 Å². The number of sulfonamides is 2. The number of aromatic nitrogens is 1. The number of rotatable bonds is 7. The maximum Gasteiger partial charge on any atom is 0.417 e. The van der Waals surface area contributed by atoms with Crippen LogP contribution in [-0.4, -0.2) is 27.7 Å².